The van der Waals surface area contributed by atoms with Crippen molar-refractivity contribution >= 4 is 15.7 Å². The van der Waals surface area contributed by atoms with Gasteiger partial charge in [-0.25, -0.2) is 18.4 Å². The number of aromatic nitrogens is 2. The van der Waals surface area contributed by atoms with Crippen LogP contribution < -0.4 is 9.64 Å². The molecule has 0 amide bonds. The summed E-state index contributed by atoms with van der Waals surface area (Å²) >= 11 is 0. The van der Waals surface area contributed by atoms with Crippen LogP contribution in [0, 0.1) is 11.8 Å². The van der Waals surface area contributed by atoms with Crippen molar-refractivity contribution in [2.75, 3.05) is 44.1 Å². The Bertz CT molecular complexity index is 714. The number of nitrogens with zero attached hydrogens (tertiary/aromatic N) is 3. The van der Waals surface area contributed by atoms with Crippen LogP contribution in [-0.2, 0) is 14.6 Å². The fourth-order valence-corrected chi connectivity index (χ4v) is 6.15. The summed E-state index contributed by atoms with van der Waals surface area (Å²) in [6.07, 6.45) is 4.64. The maximum atomic E-state index is 12.6. The van der Waals surface area contributed by atoms with Gasteiger partial charge in [-0.15, -0.1) is 0 Å². The summed E-state index contributed by atoms with van der Waals surface area (Å²) in [5.74, 6) is 2.25. The Balaban J connectivity index is 1.46. The smallest absolute Gasteiger partial charge is 0.218 e. The zero-order valence-corrected chi connectivity index (χ0v) is 14.7. The van der Waals surface area contributed by atoms with Gasteiger partial charge in [0, 0.05) is 31.7 Å². The highest BCUT2D eigenvalue weighted by Crippen LogP contribution is 2.46. The van der Waals surface area contributed by atoms with Crippen LogP contribution in [0.4, 0.5) is 5.82 Å². The molecule has 1 aliphatic carbocycles. The Kier molecular flexibility index (Phi) is 3.91. The van der Waals surface area contributed by atoms with Gasteiger partial charge in [-0.3, -0.25) is 0 Å². The summed E-state index contributed by atoms with van der Waals surface area (Å²) in [6, 6.07) is 1.74. The van der Waals surface area contributed by atoms with E-state index in [1.807, 2.05) is 4.90 Å². The van der Waals surface area contributed by atoms with Gasteiger partial charge in [0.25, 0.3) is 0 Å². The van der Waals surface area contributed by atoms with E-state index in [0.29, 0.717) is 43.7 Å². The molecule has 4 rings (SSSR count). The van der Waals surface area contributed by atoms with E-state index in [9.17, 15) is 8.42 Å². The van der Waals surface area contributed by atoms with Gasteiger partial charge < -0.3 is 14.4 Å². The van der Waals surface area contributed by atoms with E-state index >= 15 is 0 Å². The molecule has 3 heterocycles. The summed E-state index contributed by atoms with van der Waals surface area (Å²) in [5, 5.41) is 0. The minimum Gasteiger partial charge on any atom is -0.481 e. The van der Waals surface area contributed by atoms with Gasteiger partial charge in [0.05, 0.1) is 19.5 Å². The number of methoxy groups -OCH3 is 1. The first-order valence-corrected chi connectivity index (χ1v) is 10.1. The highest BCUT2D eigenvalue weighted by atomic mass is 32.2. The molecule has 2 saturated heterocycles. The lowest BCUT2D eigenvalue weighted by atomic mass is 9.83. The first-order chi connectivity index (χ1) is 11.5. The third-order valence-electron chi connectivity index (χ3n) is 5.55. The largest absolute Gasteiger partial charge is 0.481 e. The van der Waals surface area contributed by atoms with Crippen molar-refractivity contribution in [3.8, 4) is 5.88 Å². The van der Waals surface area contributed by atoms with Crippen molar-refractivity contribution in [2.45, 2.75) is 24.0 Å². The van der Waals surface area contributed by atoms with Gasteiger partial charge in [0.2, 0.25) is 5.88 Å². The quantitative estimate of drug-likeness (QED) is 0.752. The zero-order valence-electron chi connectivity index (χ0n) is 13.8. The van der Waals surface area contributed by atoms with Gasteiger partial charge >= 0.3 is 0 Å². The Morgan fingerprint density at radius 3 is 2.75 bits per heavy atom. The second-order valence-corrected chi connectivity index (χ2v) is 9.58. The second-order valence-electron chi connectivity index (χ2n) is 7.12. The Labute approximate surface area is 142 Å². The lowest BCUT2D eigenvalue weighted by Gasteiger charge is -2.50. The summed E-state index contributed by atoms with van der Waals surface area (Å²) < 4.78 is 35.6. The minimum absolute atomic E-state index is 0.0845. The normalized spacial score (nSPS) is 27.2. The third kappa shape index (κ3) is 2.65. The minimum atomic E-state index is -3.09. The molecule has 3 aliphatic rings. The molecule has 7 nitrogen and oxygen atoms in total. The van der Waals surface area contributed by atoms with Gasteiger partial charge in [-0.2, -0.15) is 0 Å². The molecule has 1 aromatic heterocycles. The molecule has 1 saturated carbocycles. The van der Waals surface area contributed by atoms with Gasteiger partial charge in [-0.1, -0.05) is 0 Å². The average Bonchev–Trinajstić information content (AvgIpc) is 3.30. The lowest BCUT2D eigenvalue weighted by Crippen LogP contribution is -2.68. The number of hydrogen-bond acceptors (Lipinski definition) is 7. The number of rotatable bonds is 6. The summed E-state index contributed by atoms with van der Waals surface area (Å²) in [5.41, 5.74) is 0. The molecule has 0 aromatic carbocycles. The van der Waals surface area contributed by atoms with Crippen LogP contribution in [-0.4, -0.2) is 62.3 Å². The highest BCUT2D eigenvalue weighted by Gasteiger charge is 2.61. The number of anilines is 1. The van der Waals surface area contributed by atoms with Gasteiger partial charge in [0.1, 0.15) is 16.9 Å². The SMILES string of the molecule is COc1cc(N2CC3(C2)[C@H](COCC2CC2)CCS3(=O)=O)ncn1. The molecule has 132 valence electrons. The van der Waals surface area contributed by atoms with E-state index in [4.69, 9.17) is 9.47 Å². The van der Waals surface area contributed by atoms with Crippen molar-refractivity contribution in [1.82, 2.24) is 9.97 Å². The Hall–Kier alpha value is -1.41. The van der Waals surface area contributed by atoms with Crippen LogP contribution in [0.3, 0.4) is 0 Å². The monoisotopic (exact) mass is 353 g/mol. The molecule has 0 unspecified atom stereocenters. The van der Waals surface area contributed by atoms with Gasteiger partial charge in [0.15, 0.2) is 9.84 Å². The van der Waals surface area contributed by atoms with Crippen LogP contribution in [0.1, 0.15) is 19.3 Å². The molecule has 2 aliphatic heterocycles. The molecular weight excluding hydrogens is 330 g/mol. The molecule has 3 fully saturated rings. The maximum absolute atomic E-state index is 12.6. The molecule has 0 N–H and O–H groups in total. The van der Waals surface area contributed by atoms with Crippen LogP contribution >= 0.6 is 0 Å². The van der Waals surface area contributed by atoms with Gasteiger partial charge in [-0.05, 0) is 25.2 Å². The Morgan fingerprint density at radius 2 is 2.04 bits per heavy atom. The first kappa shape index (κ1) is 16.1. The number of hydrogen-bond donors (Lipinski definition) is 0. The third-order valence-corrected chi connectivity index (χ3v) is 8.15. The van der Waals surface area contributed by atoms with Crippen molar-refractivity contribution in [2.24, 2.45) is 11.8 Å². The lowest BCUT2D eigenvalue weighted by molar-refractivity contribution is 0.0730. The molecule has 0 radical (unpaired) electrons. The first-order valence-electron chi connectivity index (χ1n) is 8.45. The van der Waals surface area contributed by atoms with E-state index < -0.39 is 14.6 Å². The maximum Gasteiger partial charge on any atom is 0.218 e. The molecule has 1 atom stereocenters. The van der Waals surface area contributed by atoms with Crippen LogP contribution in [0.5, 0.6) is 5.88 Å². The van der Waals surface area contributed by atoms with E-state index in [-0.39, 0.29) is 11.7 Å². The predicted molar refractivity (Wildman–Crippen MR) is 89.0 cm³/mol. The van der Waals surface area contributed by atoms with E-state index in [1.165, 1.54) is 19.2 Å². The van der Waals surface area contributed by atoms with E-state index in [1.54, 1.807) is 13.2 Å². The van der Waals surface area contributed by atoms with Crippen LogP contribution in [0.15, 0.2) is 12.4 Å². The summed E-state index contributed by atoms with van der Waals surface area (Å²) in [7, 11) is -1.53. The van der Waals surface area contributed by atoms with E-state index in [0.717, 1.165) is 6.61 Å². The van der Waals surface area contributed by atoms with Crippen molar-refractivity contribution in [1.29, 1.82) is 0 Å². The topological polar surface area (TPSA) is 81.6 Å². The number of sulfone groups is 1. The molecular formula is C16H23N3O4S. The molecule has 1 spiro atoms. The van der Waals surface area contributed by atoms with Crippen molar-refractivity contribution in [3.63, 3.8) is 0 Å². The molecule has 24 heavy (non-hydrogen) atoms. The average molecular weight is 353 g/mol. The fraction of sp³-hybridized carbons (Fsp3) is 0.750. The number of ether oxygens (including phenoxy) is 2. The van der Waals surface area contributed by atoms with Crippen molar-refractivity contribution in [3.05, 3.63) is 12.4 Å². The highest BCUT2D eigenvalue weighted by molar-refractivity contribution is 7.93. The summed E-state index contributed by atoms with van der Waals surface area (Å²) in [4.78, 5) is 10.2. The Morgan fingerprint density at radius 1 is 1.25 bits per heavy atom. The second kappa shape index (κ2) is 5.84. The molecule has 1 aromatic rings. The summed E-state index contributed by atoms with van der Waals surface area (Å²) in [6.45, 7) is 2.29. The zero-order chi connectivity index (χ0) is 16.8. The molecule has 0 bridgehead atoms. The van der Waals surface area contributed by atoms with E-state index in [2.05, 4.69) is 9.97 Å². The fourth-order valence-electron chi connectivity index (χ4n) is 3.75. The van der Waals surface area contributed by atoms with Crippen LogP contribution in [0.2, 0.25) is 0 Å². The van der Waals surface area contributed by atoms with Crippen molar-refractivity contribution < 1.29 is 17.9 Å². The van der Waals surface area contributed by atoms with Crippen LogP contribution in [0.25, 0.3) is 0 Å². The predicted octanol–water partition coefficient (Wildman–Crippen LogP) is 0.905. The standard InChI is InChI=1S/C16H23N3O4S/c1-22-15-6-14(17-11-18-15)19-9-16(10-19)13(4-5-24(16,20)21)8-23-7-12-2-3-12/h6,11-13H,2-5,7-10H2,1H3/t13-/m0/s1. The molecule has 8 heteroatoms.